The maximum absolute atomic E-state index is 11.9. The predicted octanol–water partition coefficient (Wildman–Crippen LogP) is 1.97. The number of carbonyl (C=O) groups excluding carboxylic acids is 1. The minimum absolute atomic E-state index is 0.194. The lowest BCUT2D eigenvalue weighted by molar-refractivity contribution is -0.123. The van der Waals surface area contributed by atoms with E-state index >= 15 is 0 Å². The Morgan fingerprint density at radius 3 is 2.17 bits per heavy atom. The number of amides is 1. The Bertz CT molecular complexity index is 300. The lowest BCUT2D eigenvalue weighted by Gasteiger charge is -2.21. The standard InChI is InChI=1S/C12H27N2O3P/c1-9(2)6-7-13-12(15)11(8-10(3)4)14-18(5,16)17/h9-11H,6-8H2,1-5H3,(H,13,15)(H2,14,16,17)/t11-/m0/s1. The average Bonchev–Trinajstić information content (AvgIpc) is 2.12. The summed E-state index contributed by atoms with van der Waals surface area (Å²) >= 11 is 0. The summed E-state index contributed by atoms with van der Waals surface area (Å²) in [6, 6.07) is -0.599. The van der Waals surface area contributed by atoms with Crippen LogP contribution in [0.3, 0.4) is 0 Å². The van der Waals surface area contributed by atoms with E-state index in [1.54, 1.807) is 0 Å². The fraction of sp³-hybridized carbons (Fsp3) is 0.917. The summed E-state index contributed by atoms with van der Waals surface area (Å²) < 4.78 is 11.4. The molecule has 1 unspecified atom stereocenters. The largest absolute Gasteiger partial charge is 0.355 e. The third kappa shape index (κ3) is 9.63. The first kappa shape index (κ1) is 17.6. The van der Waals surface area contributed by atoms with Crippen LogP contribution in [0.15, 0.2) is 0 Å². The van der Waals surface area contributed by atoms with Crippen molar-refractivity contribution in [2.24, 2.45) is 11.8 Å². The molecule has 0 aromatic rings. The molecule has 1 amide bonds. The first-order valence-electron chi connectivity index (χ1n) is 6.47. The average molecular weight is 278 g/mol. The van der Waals surface area contributed by atoms with E-state index in [4.69, 9.17) is 0 Å². The summed E-state index contributed by atoms with van der Waals surface area (Å²) in [4.78, 5) is 21.3. The molecule has 5 nitrogen and oxygen atoms in total. The summed E-state index contributed by atoms with van der Waals surface area (Å²) in [7, 11) is -3.39. The van der Waals surface area contributed by atoms with Gasteiger partial charge in [0.1, 0.15) is 0 Å². The molecule has 0 aliphatic carbocycles. The van der Waals surface area contributed by atoms with Gasteiger partial charge in [-0.25, -0.2) is 5.09 Å². The lowest BCUT2D eigenvalue weighted by Crippen LogP contribution is -2.44. The van der Waals surface area contributed by atoms with Crippen molar-refractivity contribution in [1.29, 1.82) is 0 Å². The Morgan fingerprint density at radius 2 is 1.78 bits per heavy atom. The van der Waals surface area contributed by atoms with Crippen LogP contribution in [0.4, 0.5) is 0 Å². The minimum atomic E-state index is -3.39. The zero-order valence-electron chi connectivity index (χ0n) is 12.1. The Labute approximate surface area is 110 Å². The number of hydrogen-bond donors (Lipinski definition) is 3. The molecule has 2 atom stereocenters. The molecular weight excluding hydrogens is 251 g/mol. The monoisotopic (exact) mass is 278 g/mol. The molecule has 0 heterocycles. The van der Waals surface area contributed by atoms with Gasteiger partial charge in [-0.2, -0.15) is 0 Å². The van der Waals surface area contributed by atoms with E-state index < -0.39 is 13.6 Å². The third-order valence-electron chi connectivity index (χ3n) is 2.44. The van der Waals surface area contributed by atoms with Crippen LogP contribution in [0.1, 0.15) is 40.5 Å². The van der Waals surface area contributed by atoms with Crippen molar-refractivity contribution < 1.29 is 14.3 Å². The summed E-state index contributed by atoms with van der Waals surface area (Å²) in [5.74, 6) is 0.613. The normalized spacial score (nSPS) is 16.7. The van der Waals surface area contributed by atoms with Crippen LogP contribution in [-0.4, -0.2) is 30.1 Å². The van der Waals surface area contributed by atoms with Gasteiger partial charge in [-0.3, -0.25) is 9.36 Å². The highest BCUT2D eigenvalue weighted by molar-refractivity contribution is 7.55. The van der Waals surface area contributed by atoms with Gasteiger partial charge in [0.05, 0.1) is 6.04 Å². The highest BCUT2D eigenvalue weighted by atomic mass is 31.2. The van der Waals surface area contributed by atoms with Crippen molar-refractivity contribution in [3.8, 4) is 0 Å². The fourth-order valence-corrected chi connectivity index (χ4v) is 2.39. The van der Waals surface area contributed by atoms with Crippen LogP contribution < -0.4 is 10.4 Å². The molecule has 18 heavy (non-hydrogen) atoms. The molecule has 0 fully saturated rings. The quantitative estimate of drug-likeness (QED) is 0.593. The molecule has 0 aromatic carbocycles. The molecule has 0 rings (SSSR count). The zero-order chi connectivity index (χ0) is 14.3. The SMILES string of the molecule is CC(C)CCNC(=O)[C@H](CC(C)C)NP(C)(=O)O. The molecule has 3 N–H and O–H groups in total. The van der Waals surface area contributed by atoms with E-state index in [1.165, 1.54) is 6.66 Å². The summed E-state index contributed by atoms with van der Waals surface area (Å²) in [5, 5.41) is 5.33. The van der Waals surface area contributed by atoms with Gasteiger partial charge < -0.3 is 10.2 Å². The van der Waals surface area contributed by atoms with Gasteiger partial charge in [0, 0.05) is 13.2 Å². The molecule has 0 radical (unpaired) electrons. The Morgan fingerprint density at radius 1 is 1.22 bits per heavy atom. The number of rotatable bonds is 8. The van der Waals surface area contributed by atoms with Crippen molar-refractivity contribution in [3.05, 3.63) is 0 Å². The van der Waals surface area contributed by atoms with Crippen LogP contribution in [0.5, 0.6) is 0 Å². The third-order valence-corrected chi connectivity index (χ3v) is 3.23. The van der Waals surface area contributed by atoms with Crippen LogP contribution in [0, 0.1) is 11.8 Å². The maximum Gasteiger partial charge on any atom is 0.264 e. The molecule has 0 aliphatic rings. The number of nitrogens with one attached hydrogen (secondary N) is 2. The van der Waals surface area contributed by atoms with Gasteiger partial charge in [0.2, 0.25) is 5.91 Å². The minimum Gasteiger partial charge on any atom is -0.355 e. The van der Waals surface area contributed by atoms with Gasteiger partial charge in [0.15, 0.2) is 0 Å². The van der Waals surface area contributed by atoms with E-state index in [-0.39, 0.29) is 11.8 Å². The molecule has 6 heteroatoms. The van der Waals surface area contributed by atoms with Crippen LogP contribution in [0.2, 0.25) is 0 Å². The second-order valence-corrected chi connectivity index (χ2v) is 7.68. The zero-order valence-corrected chi connectivity index (χ0v) is 13.0. The summed E-state index contributed by atoms with van der Waals surface area (Å²) in [5.41, 5.74) is 0. The van der Waals surface area contributed by atoms with E-state index in [9.17, 15) is 14.3 Å². The Balaban J connectivity index is 4.36. The fourth-order valence-electron chi connectivity index (χ4n) is 1.59. The molecule has 108 valence electrons. The van der Waals surface area contributed by atoms with Gasteiger partial charge in [-0.05, 0) is 24.7 Å². The molecule has 0 saturated heterocycles. The Hall–Kier alpha value is -0.380. The van der Waals surface area contributed by atoms with E-state index in [0.29, 0.717) is 18.9 Å². The topological polar surface area (TPSA) is 78.4 Å². The highest BCUT2D eigenvalue weighted by Gasteiger charge is 2.24. The van der Waals surface area contributed by atoms with Crippen molar-refractivity contribution in [1.82, 2.24) is 10.4 Å². The molecular formula is C12H27N2O3P. The van der Waals surface area contributed by atoms with Gasteiger partial charge in [-0.1, -0.05) is 27.7 Å². The first-order valence-corrected chi connectivity index (χ1v) is 8.58. The first-order chi connectivity index (χ1) is 8.11. The predicted molar refractivity (Wildman–Crippen MR) is 74.6 cm³/mol. The second kappa shape index (κ2) is 7.93. The molecule has 0 bridgehead atoms. The van der Waals surface area contributed by atoms with Gasteiger partial charge in [0.25, 0.3) is 7.52 Å². The maximum atomic E-state index is 11.9. The van der Waals surface area contributed by atoms with E-state index in [1.807, 2.05) is 13.8 Å². The lowest BCUT2D eigenvalue weighted by atomic mass is 10.0. The second-order valence-electron chi connectivity index (χ2n) is 5.66. The van der Waals surface area contributed by atoms with Crippen molar-refractivity contribution in [2.75, 3.05) is 13.2 Å². The van der Waals surface area contributed by atoms with Gasteiger partial charge in [-0.15, -0.1) is 0 Å². The van der Waals surface area contributed by atoms with E-state index in [0.717, 1.165) is 6.42 Å². The molecule has 0 saturated carbocycles. The van der Waals surface area contributed by atoms with Crippen LogP contribution in [0.25, 0.3) is 0 Å². The molecule has 0 aromatic heterocycles. The number of hydrogen-bond acceptors (Lipinski definition) is 2. The van der Waals surface area contributed by atoms with Crippen molar-refractivity contribution >= 4 is 13.4 Å². The molecule has 0 aliphatic heterocycles. The smallest absolute Gasteiger partial charge is 0.264 e. The van der Waals surface area contributed by atoms with Crippen molar-refractivity contribution in [2.45, 2.75) is 46.6 Å². The summed E-state index contributed by atoms with van der Waals surface area (Å²) in [6.07, 6.45) is 1.45. The summed E-state index contributed by atoms with van der Waals surface area (Å²) in [6.45, 7) is 9.95. The van der Waals surface area contributed by atoms with Crippen molar-refractivity contribution in [3.63, 3.8) is 0 Å². The molecule has 0 spiro atoms. The van der Waals surface area contributed by atoms with Crippen LogP contribution in [-0.2, 0) is 9.36 Å². The van der Waals surface area contributed by atoms with Crippen LogP contribution >= 0.6 is 7.52 Å². The Kier molecular flexibility index (Phi) is 7.76. The highest BCUT2D eigenvalue weighted by Crippen LogP contribution is 2.31. The van der Waals surface area contributed by atoms with Gasteiger partial charge >= 0.3 is 0 Å². The van der Waals surface area contributed by atoms with E-state index in [2.05, 4.69) is 24.3 Å². The number of carbonyl (C=O) groups is 1.